The van der Waals surface area contributed by atoms with Crippen molar-refractivity contribution in [2.45, 2.75) is 6.92 Å². The predicted molar refractivity (Wildman–Crippen MR) is 93.6 cm³/mol. The summed E-state index contributed by atoms with van der Waals surface area (Å²) in [6, 6.07) is 0. The zero-order valence-electron chi connectivity index (χ0n) is 11.3. The smallest absolute Gasteiger partial charge is 0.206 e. The van der Waals surface area contributed by atoms with Crippen molar-refractivity contribution < 1.29 is 0 Å². The maximum Gasteiger partial charge on any atom is 0.206 e. The molecule has 1 saturated heterocycles. The highest BCUT2D eigenvalue weighted by molar-refractivity contribution is 9.13. The Labute approximate surface area is 143 Å². The first-order valence-electron chi connectivity index (χ1n) is 6.47. The molecule has 0 radical (unpaired) electrons. The van der Waals surface area contributed by atoms with Crippen LogP contribution in [-0.4, -0.2) is 35.7 Å². The number of rotatable bonds is 1. The Kier molecular flexibility index (Phi) is 4.14. The molecule has 0 amide bonds. The Bertz CT molecular complexity index is 674. The van der Waals surface area contributed by atoms with E-state index in [-0.39, 0.29) is 0 Å². The van der Waals surface area contributed by atoms with Crippen molar-refractivity contribution in [2.75, 3.05) is 31.1 Å². The summed E-state index contributed by atoms with van der Waals surface area (Å²) >= 11 is 11.0. The summed E-state index contributed by atoms with van der Waals surface area (Å²) in [6.45, 7) is 6.08. The molecule has 20 heavy (non-hydrogen) atoms. The van der Waals surface area contributed by atoms with Crippen molar-refractivity contribution in [3.8, 4) is 0 Å². The maximum absolute atomic E-state index is 4.86. The molecule has 2 heterocycles. The molecule has 1 fully saturated rings. The molecular formula is C13H15Br3N4. The first-order chi connectivity index (χ1) is 9.52. The van der Waals surface area contributed by atoms with Crippen LogP contribution in [0.2, 0.25) is 0 Å². The minimum atomic E-state index is 0.993. The average molecular weight is 467 g/mol. The second-order valence-electron chi connectivity index (χ2n) is 4.97. The lowest BCUT2D eigenvalue weighted by molar-refractivity contribution is 0.575. The van der Waals surface area contributed by atoms with Gasteiger partial charge in [-0.3, -0.25) is 0 Å². The molecule has 1 aromatic heterocycles. The Morgan fingerprint density at radius 1 is 1.05 bits per heavy atom. The molecule has 0 unspecified atom stereocenters. The summed E-state index contributed by atoms with van der Waals surface area (Å²) in [4.78, 5) is 7.19. The van der Waals surface area contributed by atoms with Crippen LogP contribution in [0.4, 0.5) is 5.95 Å². The molecule has 1 aromatic carbocycles. The summed E-state index contributed by atoms with van der Waals surface area (Å²) in [5.41, 5.74) is 3.28. The standard InChI is InChI=1S/C13H15Br3N4/c1-7-8(14)10(16)12-11(9(7)15)18-13(19(12)2)20-5-3-17-4-6-20/h17H,3-6H2,1-2H3. The maximum atomic E-state index is 4.86. The Hall–Kier alpha value is -0.110. The van der Waals surface area contributed by atoms with E-state index in [9.17, 15) is 0 Å². The van der Waals surface area contributed by atoms with Crippen molar-refractivity contribution in [3.05, 3.63) is 19.0 Å². The average Bonchev–Trinajstić information content (AvgIpc) is 2.81. The molecule has 4 nitrogen and oxygen atoms in total. The lowest BCUT2D eigenvalue weighted by atomic mass is 10.2. The molecule has 0 atom stereocenters. The van der Waals surface area contributed by atoms with E-state index in [2.05, 4.69) is 76.5 Å². The predicted octanol–water partition coefficient (Wildman–Crippen LogP) is 3.58. The summed E-state index contributed by atoms with van der Waals surface area (Å²) in [5, 5.41) is 3.37. The number of halogens is 3. The normalized spacial score (nSPS) is 16.1. The van der Waals surface area contributed by atoms with Crippen LogP contribution >= 0.6 is 47.8 Å². The molecule has 0 spiro atoms. The van der Waals surface area contributed by atoms with Gasteiger partial charge in [0.15, 0.2) is 0 Å². The van der Waals surface area contributed by atoms with Gasteiger partial charge in [0.05, 0.1) is 9.99 Å². The highest BCUT2D eigenvalue weighted by Crippen LogP contribution is 2.41. The summed E-state index contributed by atoms with van der Waals surface area (Å²) < 4.78 is 5.36. The van der Waals surface area contributed by atoms with Crippen LogP contribution in [0, 0.1) is 6.92 Å². The quantitative estimate of drug-likeness (QED) is 0.652. The van der Waals surface area contributed by atoms with Crippen LogP contribution in [-0.2, 0) is 7.05 Å². The van der Waals surface area contributed by atoms with Crippen LogP contribution in [0.3, 0.4) is 0 Å². The topological polar surface area (TPSA) is 33.1 Å². The lowest BCUT2D eigenvalue weighted by Gasteiger charge is -2.28. The molecule has 1 N–H and O–H groups in total. The first kappa shape index (κ1) is 14.8. The summed E-state index contributed by atoms with van der Waals surface area (Å²) in [7, 11) is 2.08. The number of hydrogen-bond acceptors (Lipinski definition) is 3. The van der Waals surface area contributed by atoms with E-state index in [0.29, 0.717) is 0 Å². The molecule has 7 heteroatoms. The van der Waals surface area contributed by atoms with E-state index in [1.165, 1.54) is 0 Å². The minimum Gasteiger partial charge on any atom is -0.340 e. The third-order valence-electron chi connectivity index (χ3n) is 3.74. The number of nitrogens with one attached hydrogen (secondary N) is 1. The Balaban J connectivity index is 2.24. The van der Waals surface area contributed by atoms with Gasteiger partial charge < -0.3 is 14.8 Å². The highest BCUT2D eigenvalue weighted by Gasteiger charge is 2.22. The highest BCUT2D eigenvalue weighted by atomic mass is 79.9. The lowest BCUT2D eigenvalue weighted by Crippen LogP contribution is -2.44. The molecule has 3 rings (SSSR count). The van der Waals surface area contributed by atoms with Gasteiger partial charge in [-0.15, -0.1) is 0 Å². The van der Waals surface area contributed by atoms with E-state index in [4.69, 9.17) is 4.98 Å². The molecular weight excluding hydrogens is 452 g/mol. The number of benzene rings is 1. The van der Waals surface area contributed by atoms with E-state index >= 15 is 0 Å². The van der Waals surface area contributed by atoms with Gasteiger partial charge in [0.2, 0.25) is 5.95 Å². The molecule has 0 aliphatic carbocycles. The van der Waals surface area contributed by atoms with Gasteiger partial charge in [-0.2, -0.15) is 0 Å². The minimum absolute atomic E-state index is 0.993. The van der Waals surface area contributed by atoms with Crippen LogP contribution in [0.15, 0.2) is 13.4 Å². The van der Waals surface area contributed by atoms with Crippen LogP contribution in [0.25, 0.3) is 11.0 Å². The van der Waals surface area contributed by atoms with Crippen LogP contribution < -0.4 is 10.2 Å². The fourth-order valence-corrected chi connectivity index (χ4v) is 4.46. The largest absolute Gasteiger partial charge is 0.340 e. The van der Waals surface area contributed by atoms with Crippen molar-refractivity contribution in [1.82, 2.24) is 14.9 Å². The van der Waals surface area contributed by atoms with E-state index in [1.807, 2.05) is 0 Å². The number of aromatic nitrogens is 2. The molecule has 108 valence electrons. The fraction of sp³-hybridized carbons (Fsp3) is 0.462. The van der Waals surface area contributed by atoms with Gasteiger partial charge in [0.1, 0.15) is 5.52 Å². The number of piperazine rings is 1. The van der Waals surface area contributed by atoms with Gasteiger partial charge in [-0.25, -0.2) is 4.98 Å². The van der Waals surface area contributed by atoms with Gasteiger partial charge in [0, 0.05) is 42.2 Å². The van der Waals surface area contributed by atoms with Gasteiger partial charge in [-0.1, -0.05) is 0 Å². The van der Waals surface area contributed by atoms with E-state index in [1.54, 1.807) is 0 Å². The third kappa shape index (κ3) is 2.23. The van der Waals surface area contributed by atoms with Gasteiger partial charge in [-0.05, 0) is 60.3 Å². The van der Waals surface area contributed by atoms with Crippen molar-refractivity contribution in [1.29, 1.82) is 0 Å². The SMILES string of the molecule is Cc1c(Br)c(Br)c2c(nc(N3CCNCC3)n2C)c1Br. The molecule has 1 aliphatic rings. The first-order valence-corrected chi connectivity index (χ1v) is 8.85. The molecule has 0 bridgehead atoms. The molecule has 1 aliphatic heterocycles. The number of imidazole rings is 1. The van der Waals surface area contributed by atoms with Crippen LogP contribution in [0.5, 0.6) is 0 Å². The van der Waals surface area contributed by atoms with Gasteiger partial charge in [0.25, 0.3) is 0 Å². The number of aryl methyl sites for hydroxylation is 1. The number of fused-ring (bicyclic) bond motifs is 1. The van der Waals surface area contributed by atoms with Crippen molar-refractivity contribution >= 4 is 64.8 Å². The second kappa shape index (κ2) is 5.59. The van der Waals surface area contributed by atoms with Crippen molar-refractivity contribution in [2.24, 2.45) is 7.05 Å². The van der Waals surface area contributed by atoms with E-state index < -0.39 is 0 Å². The van der Waals surface area contributed by atoms with Gasteiger partial charge >= 0.3 is 0 Å². The van der Waals surface area contributed by atoms with Crippen molar-refractivity contribution in [3.63, 3.8) is 0 Å². The number of anilines is 1. The fourth-order valence-electron chi connectivity index (χ4n) is 2.58. The number of hydrogen-bond donors (Lipinski definition) is 1. The third-order valence-corrected chi connectivity index (χ3v) is 7.00. The zero-order chi connectivity index (χ0) is 14.4. The summed E-state index contributed by atoms with van der Waals surface area (Å²) in [6.07, 6.45) is 0. The summed E-state index contributed by atoms with van der Waals surface area (Å²) in [5.74, 6) is 1.03. The van der Waals surface area contributed by atoms with Crippen LogP contribution in [0.1, 0.15) is 5.56 Å². The number of nitrogens with zero attached hydrogens (tertiary/aromatic N) is 3. The second-order valence-corrected chi connectivity index (χ2v) is 7.35. The molecule has 2 aromatic rings. The zero-order valence-corrected chi connectivity index (χ0v) is 16.1. The molecule has 0 saturated carbocycles. The Morgan fingerprint density at radius 3 is 2.35 bits per heavy atom. The monoisotopic (exact) mass is 464 g/mol. The Morgan fingerprint density at radius 2 is 1.70 bits per heavy atom. The van der Waals surface area contributed by atoms with E-state index in [0.717, 1.165) is 62.1 Å².